The molecule has 4 nitrogen and oxygen atoms in total. The molecule has 0 radical (unpaired) electrons. The number of halogens is 1. The second-order valence-electron chi connectivity index (χ2n) is 3.46. The number of rotatable bonds is 3. The molecular weight excluding hydrogens is 216 g/mol. The van der Waals surface area contributed by atoms with Gasteiger partial charge in [0.1, 0.15) is 5.56 Å². The highest BCUT2D eigenvalue weighted by Gasteiger charge is 2.17. The maximum absolute atomic E-state index is 10.9. The second-order valence-corrected chi connectivity index (χ2v) is 3.68. The molecule has 15 heavy (non-hydrogen) atoms. The fraction of sp³-hybridized carbons (Fsp3) is 0.400. The fourth-order valence-corrected chi connectivity index (χ4v) is 1.50. The van der Waals surface area contributed by atoms with Crippen LogP contribution in [0.3, 0.4) is 0 Å². The zero-order valence-corrected chi connectivity index (χ0v) is 9.67. The van der Waals surface area contributed by atoms with Gasteiger partial charge in [-0.25, -0.2) is 4.79 Å². The van der Waals surface area contributed by atoms with Crippen LogP contribution in [0.2, 0.25) is 0 Å². The highest BCUT2D eigenvalue weighted by atomic mass is 35.5. The summed E-state index contributed by atoms with van der Waals surface area (Å²) in [7, 11) is 0. The van der Waals surface area contributed by atoms with Crippen molar-refractivity contribution in [3.05, 3.63) is 28.1 Å². The number of carboxylic acids is 1. The summed E-state index contributed by atoms with van der Waals surface area (Å²) in [5.74, 6) is -0.941. The summed E-state index contributed by atoms with van der Waals surface area (Å²) in [5.41, 5.74) is 3.86. The largest absolute Gasteiger partial charge is 0.478 e. The quantitative estimate of drug-likeness (QED) is 0.864. The number of carboxylic acid groups (broad SMARTS) is 1. The first kappa shape index (κ1) is 11.8. The van der Waals surface area contributed by atoms with Crippen molar-refractivity contribution < 1.29 is 9.90 Å². The van der Waals surface area contributed by atoms with Crippen molar-refractivity contribution in [2.45, 2.75) is 27.3 Å². The van der Waals surface area contributed by atoms with E-state index in [1.165, 1.54) is 5.54 Å². The van der Waals surface area contributed by atoms with Crippen molar-refractivity contribution >= 4 is 17.6 Å². The molecule has 1 aromatic heterocycles. The lowest BCUT2D eigenvalue weighted by atomic mass is 10.2. The summed E-state index contributed by atoms with van der Waals surface area (Å²) in [5, 5.41) is 13.1. The van der Waals surface area contributed by atoms with E-state index in [2.05, 4.69) is 5.10 Å². The highest BCUT2D eigenvalue weighted by molar-refractivity contribution is 6.25. The highest BCUT2D eigenvalue weighted by Crippen LogP contribution is 2.14. The van der Waals surface area contributed by atoms with Gasteiger partial charge < -0.3 is 5.11 Å². The van der Waals surface area contributed by atoms with Crippen LogP contribution in [0.4, 0.5) is 0 Å². The van der Waals surface area contributed by atoms with Crippen LogP contribution in [0.15, 0.2) is 11.1 Å². The van der Waals surface area contributed by atoms with Crippen molar-refractivity contribution in [3.8, 4) is 0 Å². The minimum Gasteiger partial charge on any atom is -0.478 e. The lowest BCUT2D eigenvalue weighted by Gasteiger charge is -2.03. The van der Waals surface area contributed by atoms with Crippen LogP contribution in [0, 0.1) is 13.8 Å². The Bertz CT molecular complexity index is 421. The van der Waals surface area contributed by atoms with Crippen molar-refractivity contribution in [1.82, 2.24) is 9.78 Å². The van der Waals surface area contributed by atoms with Gasteiger partial charge in [0.05, 0.1) is 17.9 Å². The van der Waals surface area contributed by atoms with Crippen LogP contribution in [0.25, 0.3) is 0 Å². The van der Waals surface area contributed by atoms with Gasteiger partial charge in [0.2, 0.25) is 0 Å². The average molecular weight is 229 g/mol. The first-order chi connectivity index (χ1) is 6.97. The Morgan fingerprint density at radius 1 is 1.60 bits per heavy atom. The minimum absolute atomic E-state index is 0.275. The van der Waals surface area contributed by atoms with Crippen LogP contribution < -0.4 is 0 Å². The van der Waals surface area contributed by atoms with Crippen LogP contribution in [-0.4, -0.2) is 20.9 Å². The van der Waals surface area contributed by atoms with E-state index in [0.29, 0.717) is 17.9 Å². The van der Waals surface area contributed by atoms with Crippen molar-refractivity contribution in [2.75, 3.05) is 0 Å². The molecule has 1 rings (SSSR count). The topological polar surface area (TPSA) is 55.1 Å². The van der Waals surface area contributed by atoms with Gasteiger partial charge in [0.15, 0.2) is 0 Å². The molecule has 0 atom stereocenters. The summed E-state index contributed by atoms with van der Waals surface area (Å²) in [6.45, 7) is 5.81. The number of aryl methyl sites for hydroxylation is 1. The molecule has 0 aliphatic rings. The Labute approximate surface area is 93.2 Å². The zero-order chi connectivity index (χ0) is 11.6. The number of aromatic carboxylic acids is 1. The number of allylic oxidation sites excluding steroid dienone is 1. The van der Waals surface area contributed by atoms with Crippen LogP contribution >= 0.6 is 11.6 Å². The van der Waals surface area contributed by atoms with E-state index in [4.69, 9.17) is 16.7 Å². The normalized spacial score (nSPS) is 11.9. The molecule has 1 heterocycles. The Morgan fingerprint density at radius 3 is 2.60 bits per heavy atom. The predicted octanol–water partition coefficient (Wildman–Crippen LogP) is 2.34. The van der Waals surface area contributed by atoms with Crippen molar-refractivity contribution in [1.29, 1.82) is 0 Å². The maximum Gasteiger partial charge on any atom is 0.339 e. The fourth-order valence-electron chi connectivity index (χ4n) is 1.43. The van der Waals surface area contributed by atoms with E-state index < -0.39 is 5.97 Å². The molecule has 0 amide bonds. The van der Waals surface area contributed by atoms with Gasteiger partial charge in [-0.2, -0.15) is 5.10 Å². The van der Waals surface area contributed by atoms with Crippen molar-refractivity contribution in [2.24, 2.45) is 0 Å². The average Bonchev–Trinajstić information content (AvgIpc) is 2.41. The molecule has 0 bridgehead atoms. The Morgan fingerprint density at radius 2 is 2.20 bits per heavy atom. The molecule has 1 N–H and O–H groups in total. The molecule has 0 aromatic carbocycles. The number of aromatic nitrogens is 2. The summed E-state index contributed by atoms with van der Waals surface area (Å²) in [4.78, 5) is 10.9. The first-order valence-corrected chi connectivity index (χ1v) is 4.94. The van der Waals surface area contributed by atoms with Gasteiger partial charge in [-0.15, -0.1) is 0 Å². The number of hydrogen-bond donors (Lipinski definition) is 1. The third-order valence-electron chi connectivity index (χ3n) is 2.18. The van der Waals surface area contributed by atoms with Gasteiger partial charge in [0.25, 0.3) is 0 Å². The van der Waals surface area contributed by atoms with Gasteiger partial charge in [-0.1, -0.05) is 11.6 Å². The van der Waals surface area contributed by atoms with E-state index >= 15 is 0 Å². The van der Waals surface area contributed by atoms with E-state index in [0.717, 1.165) is 5.57 Å². The number of nitrogens with zero attached hydrogens (tertiary/aromatic N) is 2. The van der Waals surface area contributed by atoms with Crippen LogP contribution in [0.1, 0.15) is 28.7 Å². The van der Waals surface area contributed by atoms with E-state index in [-0.39, 0.29) is 5.56 Å². The van der Waals surface area contributed by atoms with Gasteiger partial charge in [0, 0.05) is 5.54 Å². The van der Waals surface area contributed by atoms with Gasteiger partial charge in [-0.3, -0.25) is 4.68 Å². The maximum atomic E-state index is 10.9. The molecule has 0 saturated heterocycles. The Hall–Kier alpha value is -1.29. The lowest BCUT2D eigenvalue weighted by molar-refractivity contribution is 0.0695. The van der Waals surface area contributed by atoms with Gasteiger partial charge in [-0.05, 0) is 26.3 Å². The SMILES string of the molecule is C/C(=C\Cl)Cn1nc(C)c(C(=O)O)c1C. The van der Waals surface area contributed by atoms with Gasteiger partial charge >= 0.3 is 5.97 Å². The summed E-state index contributed by atoms with van der Waals surface area (Å²) in [6.07, 6.45) is 0. The monoisotopic (exact) mass is 228 g/mol. The summed E-state index contributed by atoms with van der Waals surface area (Å²) < 4.78 is 1.65. The molecule has 1 aromatic rings. The second kappa shape index (κ2) is 4.49. The van der Waals surface area contributed by atoms with E-state index in [9.17, 15) is 4.79 Å². The summed E-state index contributed by atoms with van der Waals surface area (Å²) >= 11 is 5.54. The van der Waals surface area contributed by atoms with Crippen LogP contribution in [-0.2, 0) is 6.54 Å². The molecule has 0 fully saturated rings. The van der Waals surface area contributed by atoms with E-state index in [1.807, 2.05) is 6.92 Å². The predicted molar refractivity (Wildman–Crippen MR) is 58.3 cm³/mol. The molecule has 0 saturated carbocycles. The third-order valence-corrected chi connectivity index (χ3v) is 2.55. The first-order valence-electron chi connectivity index (χ1n) is 4.50. The van der Waals surface area contributed by atoms with Crippen LogP contribution in [0.5, 0.6) is 0 Å². The third kappa shape index (κ3) is 2.39. The standard InChI is InChI=1S/C10H13ClN2O2/c1-6(4-11)5-13-8(3)9(10(14)15)7(2)12-13/h4H,5H2,1-3H3,(H,14,15)/b6-4+. The molecule has 0 spiro atoms. The molecule has 0 aliphatic heterocycles. The zero-order valence-electron chi connectivity index (χ0n) is 8.91. The van der Waals surface area contributed by atoms with E-state index in [1.54, 1.807) is 18.5 Å². The minimum atomic E-state index is -0.941. The molecule has 5 heteroatoms. The molecule has 82 valence electrons. The Kier molecular flexibility index (Phi) is 3.52. The molecule has 0 unspecified atom stereocenters. The Balaban J connectivity index is 3.12. The number of carbonyl (C=O) groups is 1. The summed E-state index contributed by atoms with van der Waals surface area (Å²) in [6, 6.07) is 0. The molecular formula is C10H13ClN2O2. The lowest BCUT2D eigenvalue weighted by Crippen LogP contribution is -2.05. The number of hydrogen-bond acceptors (Lipinski definition) is 2. The smallest absolute Gasteiger partial charge is 0.339 e. The molecule has 0 aliphatic carbocycles. The van der Waals surface area contributed by atoms with Crippen molar-refractivity contribution in [3.63, 3.8) is 0 Å².